The van der Waals surface area contributed by atoms with Crippen LogP contribution in [-0.4, -0.2) is 54.1 Å². The number of benzene rings is 1. The summed E-state index contributed by atoms with van der Waals surface area (Å²) in [5, 5.41) is 13.5. The number of carbonyl (C=O) groups excluding carboxylic acids is 1. The molecule has 138 valence electrons. The van der Waals surface area contributed by atoms with Crippen LogP contribution in [0.25, 0.3) is 0 Å². The first-order valence-electron chi connectivity index (χ1n) is 8.41. The zero-order chi connectivity index (χ0) is 18.2. The molecule has 7 nitrogen and oxygen atoms in total. The molecule has 2 fully saturated rings. The van der Waals surface area contributed by atoms with Crippen LogP contribution in [0.3, 0.4) is 0 Å². The number of fused-ring (bicyclic) bond motifs is 1. The molecule has 5 atom stereocenters. The van der Waals surface area contributed by atoms with Gasteiger partial charge in [0, 0.05) is 6.92 Å². The monoisotopic (exact) mass is 351 g/mol. The largest absolute Gasteiger partial charge is 0.463 e. The fourth-order valence-electron chi connectivity index (χ4n) is 3.16. The Labute approximate surface area is 147 Å². The maximum absolute atomic E-state index is 11.6. The Morgan fingerprint density at radius 3 is 2.84 bits per heavy atom. The van der Waals surface area contributed by atoms with Gasteiger partial charge >= 0.3 is 0 Å². The fraction of sp³-hybridized carbons (Fsp3) is 0.611. The van der Waals surface area contributed by atoms with Crippen molar-refractivity contribution in [1.82, 2.24) is 5.32 Å². The van der Waals surface area contributed by atoms with Crippen molar-refractivity contribution in [2.75, 3.05) is 6.61 Å². The number of rotatable bonds is 3. The zero-order valence-electron chi connectivity index (χ0n) is 14.9. The van der Waals surface area contributed by atoms with Crippen LogP contribution >= 0.6 is 0 Å². The summed E-state index contributed by atoms with van der Waals surface area (Å²) in [4.78, 5) is 11.6. The molecule has 2 N–H and O–H groups in total. The number of hydrogen-bond acceptors (Lipinski definition) is 6. The maximum atomic E-state index is 11.6. The maximum Gasteiger partial charge on any atom is 0.223 e. The van der Waals surface area contributed by atoms with E-state index in [-0.39, 0.29) is 12.5 Å². The molecule has 1 aromatic rings. The van der Waals surface area contributed by atoms with Gasteiger partial charge in [0.2, 0.25) is 12.2 Å². The van der Waals surface area contributed by atoms with Crippen LogP contribution in [0.15, 0.2) is 24.3 Å². The highest BCUT2D eigenvalue weighted by molar-refractivity contribution is 5.73. The average Bonchev–Trinajstić information content (AvgIpc) is 2.51. The summed E-state index contributed by atoms with van der Waals surface area (Å²) in [6.07, 6.45) is -2.93. The summed E-state index contributed by atoms with van der Waals surface area (Å²) in [6.45, 7) is 7.17. The average molecular weight is 351 g/mol. The lowest BCUT2D eigenvalue weighted by Crippen LogP contribution is -2.69. The van der Waals surface area contributed by atoms with E-state index >= 15 is 0 Å². The van der Waals surface area contributed by atoms with E-state index in [4.69, 9.17) is 18.9 Å². The highest BCUT2D eigenvalue weighted by Crippen LogP contribution is 2.33. The van der Waals surface area contributed by atoms with Gasteiger partial charge in [-0.2, -0.15) is 0 Å². The van der Waals surface area contributed by atoms with E-state index in [1.807, 2.05) is 25.1 Å². The van der Waals surface area contributed by atoms with E-state index in [9.17, 15) is 9.90 Å². The van der Waals surface area contributed by atoms with Gasteiger partial charge < -0.3 is 29.4 Å². The van der Waals surface area contributed by atoms with Crippen molar-refractivity contribution in [3.05, 3.63) is 29.8 Å². The fourth-order valence-corrected chi connectivity index (χ4v) is 3.16. The van der Waals surface area contributed by atoms with Gasteiger partial charge in [0.25, 0.3) is 0 Å². The minimum absolute atomic E-state index is 0.273. The lowest BCUT2D eigenvalue weighted by molar-refractivity contribution is -0.361. The predicted molar refractivity (Wildman–Crippen MR) is 89.0 cm³/mol. The van der Waals surface area contributed by atoms with Gasteiger partial charge in [-0.3, -0.25) is 4.79 Å². The summed E-state index contributed by atoms with van der Waals surface area (Å²) < 4.78 is 23.3. The molecule has 2 aliphatic heterocycles. The number of hydrogen-bond donors (Lipinski definition) is 2. The number of nitrogens with one attached hydrogen (secondary N) is 1. The molecule has 2 saturated heterocycles. The third kappa shape index (κ3) is 4.12. The van der Waals surface area contributed by atoms with Gasteiger partial charge in [-0.1, -0.05) is 12.1 Å². The molecule has 0 aliphatic carbocycles. The molecule has 0 bridgehead atoms. The number of aliphatic hydroxyl groups is 1. The van der Waals surface area contributed by atoms with Gasteiger partial charge in [-0.25, -0.2) is 0 Å². The molecule has 1 amide bonds. The first kappa shape index (κ1) is 18.1. The minimum atomic E-state index is -0.986. The smallest absolute Gasteiger partial charge is 0.223 e. The second-order valence-corrected chi connectivity index (χ2v) is 6.99. The van der Waals surface area contributed by atoms with Crippen LogP contribution in [-0.2, 0) is 19.0 Å². The first-order chi connectivity index (χ1) is 11.7. The standard InChI is InChI=1S/C18H25NO6/c1-10-6-5-7-12(8-10)23-17-14(19-11(2)20)15(21)16-13(24-17)9-22-18(3,4)25-16/h5-8,13-17,21H,9H2,1-4H3,(H,19,20)/t13-,14+,15-,16-,17-/m1/s1. The molecule has 0 unspecified atom stereocenters. The van der Waals surface area contributed by atoms with Crippen LogP contribution in [0.1, 0.15) is 26.3 Å². The minimum Gasteiger partial charge on any atom is -0.463 e. The van der Waals surface area contributed by atoms with E-state index in [1.54, 1.807) is 19.9 Å². The quantitative estimate of drug-likeness (QED) is 0.849. The number of amides is 1. The molecule has 1 aromatic carbocycles. The Bertz CT molecular complexity index is 634. The summed E-state index contributed by atoms with van der Waals surface area (Å²) in [5.74, 6) is -0.504. The molecule has 2 aliphatic rings. The van der Waals surface area contributed by atoms with Crippen LogP contribution in [0.5, 0.6) is 5.75 Å². The summed E-state index contributed by atoms with van der Waals surface area (Å²) in [7, 11) is 0. The predicted octanol–water partition coefficient (Wildman–Crippen LogP) is 1.12. The second-order valence-electron chi connectivity index (χ2n) is 6.99. The molecular weight excluding hydrogens is 326 g/mol. The highest BCUT2D eigenvalue weighted by Gasteiger charge is 2.52. The number of ether oxygens (including phenoxy) is 4. The van der Waals surface area contributed by atoms with Crippen molar-refractivity contribution in [3.8, 4) is 5.75 Å². The van der Waals surface area contributed by atoms with E-state index in [1.165, 1.54) is 6.92 Å². The summed E-state index contributed by atoms with van der Waals surface area (Å²) in [5.41, 5.74) is 1.04. The molecule has 0 spiro atoms. The Hall–Kier alpha value is -1.67. The number of carbonyl (C=O) groups is 1. The summed E-state index contributed by atoms with van der Waals surface area (Å²) in [6, 6.07) is 6.74. The third-order valence-electron chi connectivity index (χ3n) is 4.30. The van der Waals surface area contributed by atoms with Gasteiger partial charge in [-0.15, -0.1) is 0 Å². The lowest BCUT2D eigenvalue weighted by Gasteiger charge is -2.49. The Balaban J connectivity index is 1.82. The van der Waals surface area contributed by atoms with E-state index in [0.29, 0.717) is 5.75 Å². The van der Waals surface area contributed by atoms with Crippen molar-refractivity contribution in [2.24, 2.45) is 0 Å². The molecule has 7 heteroatoms. The number of aliphatic hydroxyl groups excluding tert-OH is 1. The van der Waals surface area contributed by atoms with Gasteiger partial charge in [0.05, 0.1) is 6.61 Å². The van der Waals surface area contributed by atoms with E-state index < -0.39 is 36.4 Å². The highest BCUT2D eigenvalue weighted by atomic mass is 16.8. The van der Waals surface area contributed by atoms with Gasteiger partial charge in [0.1, 0.15) is 30.1 Å². The molecule has 3 rings (SSSR count). The van der Waals surface area contributed by atoms with Crippen molar-refractivity contribution >= 4 is 5.91 Å². The second kappa shape index (κ2) is 6.92. The lowest BCUT2D eigenvalue weighted by atomic mass is 9.95. The molecular formula is C18H25NO6. The normalized spacial score (nSPS) is 34.0. The zero-order valence-corrected chi connectivity index (χ0v) is 14.9. The molecule has 25 heavy (non-hydrogen) atoms. The van der Waals surface area contributed by atoms with Crippen LogP contribution < -0.4 is 10.1 Å². The van der Waals surface area contributed by atoms with E-state index in [0.717, 1.165) is 5.56 Å². The van der Waals surface area contributed by atoms with Crippen LogP contribution in [0.2, 0.25) is 0 Å². The SMILES string of the molecule is CC(=O)N[C@@H]1[C@H](Oc2cccc(C)c2)O[C@@H]2COC(C)(C)O[C@H]2[C@@H]1O. The number of aryl methyl sites for hydroxylation is 1. The third-order valence-corrected chi connectivity index (χ3v) is 4.30. The topological polar surface area (TPSA) is 86.3 Å². The Morgan fingerprint density at radius 2 is 2.16 bits per heavy atom. The van der Waals surface area contributed by atoms with Gasteiger partial charge in [-0.05, 0) is 38.5 Å². The van der Waals surface area contributed by atoms with Crippen molar-refractivity contribution in [1.29, 1.82) is 0 Å². The van der Waals surface area contributed by atoms with Gasteiger partial charge in [0.15, 0.2) is 5.79 Å². The molecule has 0 radical (unpaired) electrons. The Kier molecular flexibility index (Phi) is 5.02. The van der Waals surface area contributed by atoms with Crippen molar-refractivity contribution in [2.45, 2.75) is 64.1 Å². The van der Waals surface area contributed by atoms with Crippen molar-refractivity contribution < 1.29 is 28.8 Å². The molecule has 0 saturated carbocycles. The van der Waals surface area contributed by atoms with Crippen LogP contribution in [0.4, 0.5) is 0 Å². The van der Waals surface area contributed by atoms with Crippen molar-refractivity contribution in [3.63, 3.8) is 0 Å². The van der Waals surface area contributed by atoms with E-state index in [2.05, 4.69) is 5.32 Å². The molecule has 2 heterocycles. The Morgan fingerprint density at radius 1 is 1.40 bits per heavy atom. The first-order valence-corrected chi connectivity index (χ1v) is 8.41. The van der Waals surface area contributed by atoms with Crippen LogP contribution in [0, 0.1) is 6.92 Å². The summed E-state index contributed by atoms with van der Waals surface area (Å²) >= 11 is 0. The molecule has 0 aromatic heterocycles.